The SMILES string of the molecule is [O-][n+]1c(Cl)cc(B(O)O)cc1Cl. The van der Waals surface area contributed by atoms with Gasteiger partial charge in [-0.15, -0.1) is 4.73 Å². The Balaban J connectivity index is 3.21. The van der Waals surface area contributed by atoms with Gasteiger partial charge in [-0.05, 0) is 28.7 Å². The standard InChI is InChI=1S/C5H4BCl2NO3/c7-4-1-3(6(10)11)2-5(8)9(4)12/h1-2,10-11H. The van der Waals surface area contributed by atoms with Crippen molar-refractivity contribution in [3.05, 3.63) is 27.6 Å². The Labute approximate surface area is 78.7 Å². The molecule has 12 heavy (non-hydrogen) atoms. The second-order valence-electron chi connectivity index (χ2n) is 2.10. The third-order valence-electron chi connectivity index (χ3n) is 1.26. The highest BCUT2D eigenvalue weighted by Gasteiger charge is 2.18. The van der Waals surface area contributed by atoms with Gasteiger partial charge < -0.3 is 15.3 Å². The summed E-state index contributed by atoms with van der Waals surface area (Å²) in [5.74, 6) is 0. The molecule has 1 aromatic rings. The van der Waals surface area contributed by atoms with E-state index in [4.69, 9.17) is 33.2 Å². The van der Waals surface area contributed by atoms with Gasteiger partial charge in [0.1, 0.15) is 0 Å². The smallest absolute Gasteiger partial charge is 0.488 e. The van der Waals surface area contributed by atoms with Crippen LogP contribution in [-0.2, 0) is 0 Å². The van der Waals surface area contributed by atoms with Crippen LogP contribution in [0.2, 0.25) is 10.3 Å². The molecule has 0 amide bonds. The summed E-state index contributed by atoms with van der Waals surface area (Å²) in [4.78, 5) is 0. The molecule has 0 aliphatic heterocycles. The Morgan fingerprint density at radius 1 is 1.25 bits per heavy atom. The fourth-order valence-electron chi connectivity index (χ4n) is 0.685. The summed E-state index contributed by atoms with van der Waals surface area (Å²) >= 11 is 10.8. The molecule has 0 aromatic carbocycles. The van der Waals surface area contributed by atoms with E-state index >= 15 is 0 Å². The number of aromatic nitrogens is 1. The fraction of sp³-hybridized carbons (Fsp3) is 0. The van der Waals surface area contributed by atoms with Gasteiger partial charge in [-0.3, -0.25) is 0 Å². The number of halogens is 2. The highest BCUT2D eigenvalue weighted by molar-refractivity contribution is 6.59. The minimum Gasteiger partial charge on any atom is -0.617 e. The van der Waals surface area contributed by atoms with Gasteiger partial charge in [-0.25, -0.2) is 0 Å². The maximum atomic E-state index is 10.8. The van der Waals surface area contributed by atoms with Gasteiger partial charge in [0, 0.05) is 12.1 Å². The molecule has 0 saturated carbocycles. The van der Waals surface area contributed by atoms with Gasteiger partial charge >= 0.3 is 7.12 Å². The van der Waals surface area contributed by atoms with Crippen LogP contribution in [0, 0.1) is 5.21 Å². The van der Waals surface area contributed by atoms with Crippen LogP contribution in [0.15, 0.2) is 12.1 Å². The molecule has 0 fully saturated rings. The summed E-state index contributed by atoms with van der Waals surface area (Å²) in [6, 6.07) is 2.26. The summed E-state index contributed by atoms with van der Waals surface area (Å²) in [6.45, 7) is 0. The van der Waals surface area contributed by atoms with Crippen molar-refractivity contribution in [2.24, 2.45) is 0 Å². The van der Waals surface area contributed by atoms with Gasteiger partial charge in [0.15, 0.2) is 0 Å². The van der Waals surface area contributed by atoms with Crippen molar-refractivity contribution in [1.29, 1.82) is 0 Å². The average Bonchev–Trinajstić information content (AvgIpc) is 1.99. The van der Waals surface area contributed by atoms with Crippen LogP contribution in [-0.4, -0.2) is 17.2 Å². The first-order valence-corrected chi connectivity index (χ1v) is 3.72. The first-order valence-electron chi connectivity index (χ1n) is 2.97. The highest BCUT2D eigenvalue weighted by Crippen LogP contribution is 2.05. The fourth-order valence-corrected chi connectivity index (χ4v) is 1.16. The van der Waals surface area contributed by atoms with Gasteiger partial charge in [0.25, 0.3) is 10.3 Å². The summed E-state index contributed by atoms with van der Waals surface area (Å²) in [6.07, 6.45) is 0. The molecule has 0 atom stereocenters. The largest absolute Gasteiger partial charge is 0.617 e. The van der Waals surface area contributed by atoms with Crippen LogP contribution in [0.4, 0.5) is 0 Å². The normalized spacial score (nSPS) is 10.0. The van der Waals surface area contributed by atoms with Crippen molar-refractivity contribution in [2.45, 2.75) is 0 Å². The van der Waals surface area contributed by atoms with Crippen molar-refractivity contribution in [2.75, 3.05) is 0 Å². The van der Waals surface area contributed by atoms with Crippen LogP contribution >= 0.6 is 23.2 Å². The summed E-state index contributed by atoms with van der Waals surface area (Å²) in [5.41, 5.74) is 0.0806. The number of hydrogen-bond acceptors (Lipinski definition) is 3. The molecule has 1 rings (SSSR count). The molecule has 0 bridgehead atoms. The Morgan fingerprint density at radius 2 is 1.67 bits per heavy atom. The van der Waals surface area contributed by atoms with E-state index in [1.165, 1.54) is 0 Å². The van der Waals surface area contributed by atoms with Crippen LogP contribution < -0.4 is 10.2 Å². The number of nitrogens with zero attached hydrogens (tertiary/aromatic N) is 1. The molecular weight excluding hydrogens is 204 g/mol. The molecule has 4 nitrogen and oxygen atoms in total. The van der Waals surface area contributed by atoms with Crippen molar-refractivity contribution >= 4 is 35.8 Å². The van der Waals surface area contributed by atoms with E-state index in [-0.39, 0.29) is 20.5 Å². The van der Waals surface area contributed by atoms with E-state index in [2.05, 4.69) is 0 Å². The van der Waals surface area contributed by atoms with E-state index in [0.29, 0.717) is 0 Å². The van der Waals surface area contributed by atoms with Gasteiger partial charge in [0.2, 0.25) is 0 Å². The highest BCUT2D eigenvalue weighted by atomic mass is 35.5. The van der Waals surface area contributed by atoms with Crippen molar-refractivity contribution in [3.8, 4) is 0 Å². The zero-order valence-electron chi connectivity index (χ0n) is 5.74. The quantitative estimate of drug-likeness (QED) is 0.277. The lowest BCUT2D eigenvalue weighted by Gasteiger charge is -2.03. The van der Waals surface area contributed by atoms with E-state index in [1.54, 1.807) is 0 Å². The molecule has 0 saturated heterocycles. The third-order valence-corrected chi connectivity index (χ3v) is 1.78. The molecule has 0 unspecified atom stereocenters. The van der Waals surface area contributed by atoms with Crippen molar-refractivity contribution in [3.63, 3.8) is 0 Å². The molecule has 0 aliphatic carbocycles. The Morgan fingerprint density at radius 3 is 2.00 bits per heavy atom. The lowest BCUT2D eigenvalue weighted by molar-refractivity contribution is -0.600. The maximum Gasteiger partial charge on any atom is 0.488 e. The summed E-state index contributed by atoms with van der Waals surface area (Å²) in [5, 5.41) is 27.8. The van der Waals surface area contributed by atoms with E-state index in [9.17, 15) is 5.21 Å². The third kappa shape index (κ3) is 1.81. The van der Waals surface area contributed by atoms with Crippen molar-refractivity contribution < 1.29 is 14.8 Å². The number of hydrogen-bond donors (Lipinski definition) is 2. The van der Waals surface area contributed by atoms with E-state index < -0.39 is 7.12 Å². The van der Waals surface area contributed by atoms with Crippen LogP contribution in [0.1, 0.15) is 0 Å². The topological polar surface area (TPSA) is 67.4 Å². The van der Waals surface area contributed by atoms with Gasteiger partial charge in [0.05, 0.1) is 0 Å². The molecule has 0 spiro atoms. The van der Waals surface area contributed by atoms with Gasteiger partial charge in [-0.2, -0.15) is 0 Å². The Hall–Kier alpha value is -0.485. The average molecular weight is 208 g/mol. The number of pyridine rings is 1. The van der Waals surface area contributed by atoms with Crippen LogP contribution in [0.25, 0.3) is 0 Å². The first kappa shape index (κ1) is 9.60. The van der Waals surface area contributed by atoms with Gasteiger partial charge in [-0.1, -0.05) is 0 Å². The molecule has 7 heteroatoms. The molecule has 1 heterocycles. The Kier molecular flexibility index (Phi) is 2.79. The zero-order valence-corrected chi connectivity index (χ0v) is 7.25. The lowest BCUT2D eigenvalue weighted by atomic mass is 9.81. The molecule has 0 aliphatic rings. The minimum atomic E-state index is -1.68. The molecule has 2 N–H and O–H groups in total. The van der Waals surface area contributed by atoms with E-state index in [1.807, 2.05) is 0 Å². The first-order chi connectivity index (χ1) is 5.52. The van der Waals surface area contributed by atoms with Crippen LogP contribution in [0.5, 0.6) is 0 Å². The molecule has 64 valence electrons. The maximum absolute atomic E-state index is 10.8. The number of rotatable bonds is 1. The second kappa shape index (κ2) is 3.49. The van der Waals surface area contributed by atoms with Crippen LogP contribution in [0.3, 0.4) is 0 Å². The predicted molar refractivity (Wildman–Crippen MR) is 45.2 cm³/mol. The second-order valence-corrected chi connectivity index (χ2v) is 2.88. The van der Waals surface area contributed by atoms with E-state index in [0.717, 1.165) is 12.1 Å². The lowest BCUT2D eigenvalue weighted by Crippen LogP contribution is -2.37. The zero-order chi connectivity index (χ0) is 9.30. The molecule has 1 aromatic heterocycles. The monoisotopic (exact) mass is 207 g/mol. The van der Waals surface area contributed by atoms with Crippen molar-refractivity contribution in [1.82, 2.24) is 0 Å². The summed E-state index contributed by atoms with van der Waals surface area (Å²) < 4.78 is 0.273. The predicted octanol–water partition coefficient (Wildman–Crippen LogP) is -0.693. The Bertz CT molecular complexity index is 284. The molecule has 0 radical (unpaired) electrons. The summed E-state index contributed by atoms with van der Waals surface area (Å²) in [7, 11) is -1.68. The molecular formula is C5H4BCl2NO3. The minimum absolute atomic E-state index is 0.0806.